The third-order valence-corrected chi connectivity index (χ3v) is 12.0. The van der Waals surface area contributed by atoms with Crippen molar-refractivity contribution >= 4 is 30.0 Å². The number of ether oxygens (including phenoxy) is 10. The summed E-state index contributed by atoms with van der Waals surface area (Å²) in [4.78, 5) is 50.5. The first kappa shape index (κ1) is 41.6. The van der Waals surface area contributed by atoms with Gasteiger partial charge < -0.3 is 62.7 Å². The molecule has 314 valence electrons. The summed E-state index contributed by atoms with van der Waals surface area (Å²) in [5, 5.41) is 33.1. The van der Waals surface area contributed by atoms with Crippen LogP contribution in [-0.2, 0) is 66.5 Å². The number of hydrogen-bond acceptors (Lipinski definition) is 17. The Labute approximate surface area is 329 Å². The predicted molar refractivity (Wildman–Crippen MR) is 191 cm³/mol. The molecule has 2 spiro atoms. The average molecular weight is 805 g/mol. The maximum absolute atomic E-state index is 13.9. The maximum atomic E-state index is 13.9. The predicted octanol–water partition coefficient (Wildman–Crippen LogP) is 1.31. The number of esters is 4. The fourth-order valence-corrected chi connectivity index (χ4v) is 8.89. The van der Waals surface area contributed by atoms with Gasteiger partial charge in [-0.15, -0.1) is 0 Å². The van der Waals surface area contributed by atoms with Crippen LogP contribution in [0.5, 0.6) is 0 Å². The molecule has 0 amide bonds. The molecule has 1 saturated carbocycles. The van der Waals surface area contributed by atoms with Gasteiger partial charge in [-0.25, -0.2) is 4.79 Å². The summed E-state index contributed by atoms with van der Waals surface area (Å²) in [6, 6.07) is 9.42. The van der Waals surface area contributed by atoms with E-state index in [0.717, 1.165) is 19.4 Å². The Kier molecular flexibility index (Phi) is 12.1. The van der Waals surface area contributed by atoms with Gasteiger partial charge in [0, 0.05) is 38.2 Å². The number of aliphatic hydroxyl groups is 3. The van der Waals surface area contributed by atoms with Crippen LogP contribution in [-0.4, -0.2) is 137 Å². The first-order valence-electron chi connectivity index (χ1n) is 19.6. The summed E-state index contributed by atoms with van der Waals surface area (Å²) >= 11 is 0. The van der Waals surface area contributed by atoms with Gasteiger partial charge in [0.15, 0.2) is 30.2 Å². The Morgan fingerprint density at radius 2 is 1.47 bits per heavy atom. The van der Waals surface area contributed by atoms with Gasteiger partial charge in [0.25, 0.3) is 0 Å². The van der Waals surface area contributed by atoms with Gasteiger partial charge in [0.1, 0.15) is 24.4 Å². The van der Waals surface area contributed by atoms with Crippen molar-refractivity contribution in [2.24, 2.45) is 17.8 Å². The lowest BCUT2D eigenvalue weighted by Crippen LogP contribution is -2.64. The van der Waals surface area contributed by atoms with Gasteiger partial charge in [-0.2, -0.15) is 0 Å². The second kappa shape index (κ2) is 16.6. The Balaban J connectivity index is 1.03. The molecular formula is C40H52O17. The molecule has 6 aliphatic rings. The number of epoxide rings is 1. The zero-order valence-corrected chi connectivity index (χ0v) is 32.5. The number of carbonyl (C=O) groups excluding carboxylic acids is 4. The summed E-state index contributed by atoms with van der Waals surface area (Å²) in [6.45, 7) is 7.86. The third kappa shape index (κ3) is 8.36. The summed E-state index contributed by atoms with van der Waals surface area (Å²) in [6.07, 6.45) is -10.6. The number of aliphatic hydroxyl groups excluding tert-OH is 3. The molecule has 1 aromatic rings. The van der Waals surface area contributed by atoms with Crippen molar-refractivity contribution in [2.45, 2.75) is 145 Å². The molecule has 17 nitrogen and oxygen atoms in total. The minimum atomic E-state index is -1.73. The van der Waals surface area contributed by atoms with Crippen molar-refractivity contribution in [3.05, 3.63) is 42.0 Å². The first-order chi connectivity index (χ1) is 27.1. The maximum Gasteiger partial charge on any atom is 0.331 e. The Morgan fingerprint density at radius 3 is 2.16 bits per heavy atom. The average Bonchev–Trinajstić information content (AvgIpc) is 3.94. The topological polar surface area (TPSA) is 225 Å². The normalized spacial score (nSPS) is 44.0. The van der Waals surface area contributed by atoms with Gasteiger partial charge in [-0.3, -0.25) is 14.4 Å². The largest absolute Gasteiger partial charge is 0.459 e. The van der Waals surface area contributed by atoms with E-state index in [2.05, 4.69) is 0 Å². The molecule has 7 rings (SSSR count). The quantitative estimate of drug-likeness (QED) is 0.139. The highest BCUT2D eigenvalue weighted by molar-refractivity contribution is 5.87. The third-order valence-electron chi connectivity index (χ3n) is 12.0. The van der Waals surface area contributed by atoms with Crippen molar-refractivity contribution in [2.75, 3.05) is 13.2 Å². The Bertz CT molecular complexity index is 1670. The molecule has 0 bridgehead atoms. The van der Waals surface area contributed by atoms with Crippen LogP contribution in [0.15, 0.2) is 36.4 Å². The molecule has 3 N–H and O–H groups in total. The highest BCUT2D eigenvalue weighted by Crippen LogP contribution is 2.62. The van der Waals surface area contributed by atoms with Crippen molar-refractivity contribution in [3.8, 4) is 0 Å². The van der Waals surface area contributed by atoms with Crippen LogP contribution in [0.25, 0.3) is 6.08 Å². The van der Waals surface area contributed by atoms with Crippen LogP contribution in [0, 0.1) is 17.8 Å². The standard InChI is InChI=1S/C40H52O17/c1-19-17-48-40(16-28(19)54-29(43)14-11-24-9-7-6-8-10-24)39(18-49-39)26-13-12-25(15-27(26)57-40)36(47)56-38-35(31(45)33(21(3)51-38)52-22(4)41)55-37-32(46)34(53-23(5)42)30(44)20(2)50-37/h6-11,14,19-21,25-28,30-35,37-38,44-46H,12-13,15-18H2,1-5H3. The van der Waals surface area contributed by atoms with Gasteiger partial charge >= 0.3 is 23.9 Å². The lowest BCUT2D eigenvalue weighted by Gasteiger charge is -2.46. The summed E-state index contributed by atoms with van der Waals surface area (Å²) in [5.41, 5.74) is 0.105. The molecule has 0 radical (unpaired) electrons. The van der Waals surface area contributed by atoms with E-state index in [4.69, 9.17) is 47.4 Å². The summed E-state index contributed by atoms with van der Waals surface area (Å²) < 4.78 is 59.2. The van der Waals surface area contributed by atoms with Crippen molar-refractivity contribution < 1.29 is 81.9 Å². The molecule has 5 heterocycles. The minimum absolute atomic E-state index is 0.106. The zero-order chi connectivity index (χ0) is 40.8. The van der Waals surface area contributed by atoms with Crippen LogP contribution < -0.4 is 0 Å². The van der Waals surface area contributed by atoms with Gasteiger partial charge in [-0.1, -0.05) is 37.3 Å². The number of carbonyl (C=O) groups is 4. The van der Waals surface area contributed by atoms with Gasteiger partial charge in [0.2, 0.25) is 12.1 Å². The van der Waals surface area contributed by atoms with E-state index < -0.39 is 115 Å². The lowest BCUT2D eigenvalue weighted by molar-refractivity contribution is -0.358. The molecule has 6 fully saturated rings. The Hall–Kier alpha value is -3.52. The van der Waals surface area contributed by atoms with Crippen LogP contribution in [0.3, 0.4) is 0 Å². The number of hydrogen-bond donors (Lipinski definition) is 3. The smallest absolute Gasteiger partial charge is 0.331 e. The van der Waals surface area contributed by atoms with Gasteiger partial charge in [0.05, 0.1) is 37.4 Å². The molecule has 57 heavy (non-hydrogen) atoms. The van der Waals surface area contributed by atoms with E-state index in [1.807, 2.05) is 37.3 Å². The fourth-order valence-electron chi connectivity index (χ4n) is 8.89. The zero-order valence-electron chi connectivity index (χ0n) is 32.5. The van der Waals surface area contributed by atoms with Crippen LogP contribution in [0.1, 0.15) is 65.9 Å². The number of fused-ring (bicyclic) bond motifs is 3. The SMILES string of the molecule is CC(=O)OC1C(C)OC(OC(=O)C2CCC3C(C2)OC2(CC(OC(=O)C=Cc4ccccc4)C(C)CO2)C32CO2)C(OC2OC(C)C(O)C(OC(C)=O)C2O)C1O. The first-order valence-corrected chi connectivity index (χ1v) is 19.6. The van der Waals surface area contributed by atoms with E-state index in [1.54, 1.807) is 6.08 Å². The van der Waals surface area contributed by atoms with Gasteiger partial charge in [-0.05, 0) is 44.7 Å². The molecule has 1 aromatic carbocycles. The molecule has 5 aliphatic heterocycles. The minimum Gasteiger partial charge on any atom is -0.459 e. The molecule has 17 unspecified atom stereocenters. The molecular weight excluding hydrogens is 752 g/mol. The van der Waals surface area contributed by atoms with Crippen LogP contribution >= 0.6 is 0 Å². The van der Waals surface area contributed by atoms with E-state index >= 15 is 0 Å². The summed E-state index contributed by atoms with van der Waals surface area (Å²) in [7, 11) is 0. The van der Waals surface area contributed by atoms with E-state index in [9.17, 15) is 34.5 Å². The highest BCUT2D eigenvalue weighted by Gasteiger charge is 2.76. The van der Waals surface area contributed by atoms with Crippen LogP contribution in [0.2, 0.25) is 0 Å². The van der Waals surface area contributed by atoms with E-state index in [-0.39, 0.29) is 31.3 Å². The van der Waals surface area contributed by atoms with E-state index in [0.29, 0.717) is 19.4 Å². The van der Waals surface area contributed by atoms with Crippen molar-refractivity contribution in [3.63, 3.8) is 0 Å². The fraction of sp³-hybridized carbons (Fsp3) is 0.700. The lowest BCUT2D eigenvalue weighted by atomic mass is 9.72. The monoisotopic (exact) mass is 804 g/mol. The summed E-state index contributed by atoms with van der Waals surface area (Å²) in [5.74, 6) is -4.72. The molecule has 1 aliphatic carbocycles. The molecule has 17 atom stereocenters. The molecule has 5 saturated heterocycles. The number of benzene rings is 1. The van der Waals surface area contributed by atoms with Crippen LogP contribution in [0.4, 0.5) is 0 Å². The molecule has 0 aromatic heterocycles. The number of rotatable bonds is 9. The van der Waals surface area contributed by atoms with E-state index in [1.165, 1.54) is 19.9 Å². The highest BCUT2D eigenvalue weighted by atomic mass is 16.8. The Morgan fingerprint density at radius 1 is 0.789 bits per heavy atom. The second-order valence-electron chi connectivity index (χ2n) is 16.0. The van der Waals surface area contributed by atoms with Crippen molar-refractivity contribution in [1.82, 2.24) is 0 Å². The molecule has 17 heteroatoms. The second-order valence-corrected chi connectivity index (χ2v) is 16.0. The van der Waals surface area contributed by atoms with Crippen molar-refractivity contribution in [1.29, 1.82) is 0 Å².